The van der Waals surface area contributed by atoms with Gasteiger partial charge < -0.3 is 9.95 Å². The van der Waals surface area contributed by atoms with Gasteiger partial charge in [-0.3, -0.25) is 4.79 Å². The average molecular weight is 363 g/mol. The molecule has 2 aromatic heterocycles. The van der Waals surface area contributed by atoms with Crippen molar-refractivity contribution < 1.29 is 4.52 Å². The maximum atomic E-state index is 12.3. The maximum absolute atomic E-state index is 12.3. The fourth-order valence-corrected chi connectivity index (χ4v) is 3.63. The van der Waals surface area contributed by atoms with Crippen LogP contribution in [0.5, 0.6) is 0 Å². The summed E-state index contributed by atoms with van der Waals surface area (Å²) in [6.45, 7) is 2.33. The summed E-state index contributed by atoms with van der Waals surface area (Å²) in [5, 5.41) is 4.17. The van der Waals surface area contributed by atoms with Gasteiger partial charge in [0.1, 0.15) is 11.5 Å². The van der Waals surface area contributed by atoms with Crippen LogP contribution in [0.15, 0.2) is 76.0 Å². The molecule has 0 fully saturated rings. The highest BCUT2D eigenvalue weighted by Gasteiger charge is 2.15. The van der Waals surface area contributed by atoms with Crippen LogP contribution < -0.4 is 11.0 Å². The van der Waals surface area contributed by atoms with Crippen molar-refractivity contribution in [1.82, 2.24) is 9.22 Å². The van der Waals surface area contributed by atoms with Gasteiger partial charge in [0.05, 0.1) is 11.4 Å². The number of aryl methyl sites for hydroxylation is 1. The van der Waals surface area contributed by atoms with Gasteiger partial charge in [0, 0.05) is 17.2 Å². The normalized spacial score (nSPS) is 10.8. The Kier molecular flexibility index (Phi) is 4.41. The topological polar surface area (TPSA) is 60.1 Å². The molecule has 2 aromatic carbocycles. The van der Waals surface area contributed by atoms with Gasteiger partial charge in [0.15, 0.2) is 0 Å². The van der Waals surface area contributed by atoms with Crippen LogP contribution in [0.1, 0.15) is 11.3 Å². The zero-order valence-corrected chi connectivity index (χ0v) is 15.0. The van der Waals surface area contributed by atoms with E-state index in [4.69, 9.17) is 4.52 Å². The standard InChI is InChI=1S/C20H17N3O2S/c1-14-17(20(22-25-14)16-10-6-3-7-11-16)13-21-23-19(24)12-18(26-23)15-8-4-2-5-9-15/h2-12,21H,13H2,1H3. The van der Waals surface area contributed by atoms with Gasteiger partial charge in [-0.05, 0) is 24.0 Å². The molecule has 2 heterocycles. The monoisotopic (exact) mass is 363 g/mol. The Hall–Kier alpha value is -3.12. The summed E-state index contributed by atoms with van der Waals surface area (Å²) in [7, 11) is 0. The number of aromatic nitrogens is 2. The van der Waals surface area contributed by atoms with Gasteiger partial charge in [-0.15, -0.1) is 0 Å². The number of hydrogen-bond donors (Lipinski definition) is 1. The molecule has 4 rings (SSSR count). The molecule has 130 valence electrons. The highest BCUT2D eigenvalue weighted by molar-refractivity contribution is 7.10. The lowest BCUT2D eigenvalue weighted by Gasteiger charge is -2.06. The quantitative estimate of drug-likeness (QED) is 0.575. The molecule has 0 bridgehead atoms. The van der Waals surface area contributed by atoms with Crippen LogP contribution in [0.4, 0.5) is 0 Å². The number of nitrogens with one attached hydrogen (secondary N) is 1. The Morgan fingerprint density at radius 2 is 1.69 bits per heavy atom. The van der Waals surface area contributed by atoms with Crippen LogP contribution >= 0.6 is 11.5 Å². The van der Waals surface area contributed by atoms with Gasteiger partial charge in [0.25, 0.3) is 5.56 Å². The smallest absolute Gasteiger partial charge is 0.280 e. The molecule has 0 saturated heterocycles. The molecule has 0 saturated carbocycles. The molecule has 0 aliphatic carbocycles. The lowest BCUT2D eigenvalue weighted by atomic mass is 10.1. The minimum atomic E-state index is -0.0794. The first kappa shape index (κ1) is 16.4. The van der Waals surface area contributed by atoms with Gasteiger partial charge in [0.2, 0.25) is 0 Å². The molecule has 0 atom stereocenters. The van der Waals surface area contributed by atoms with Crippen molar-refractivity contribution in [1.29, 1.82) is 0 Å². The first-order valence-electron chi connectivity index (χ1n) is 8.25. The van der Waals surface area contributed by atoms with Crippen LogP contribution in [0, 0.1) is 6.92 Å². The van der Waals surface area contributed by atoms with E-state index in [1.807, 2.05) is 67.6 Å². The zero-order chi connectivity index (χ0) is 17.9. The second kappa shape index (κ2) is 7.01. The molecule has 0 radical (unpaired) electrons. The largest absolute Gasteiger partial charge is 0.361 e. The number of benzene rings is 2. The highest BCUT2D eigenvalue weighted by Crippen LogP contribution is 2.26. The second-order valence-corrected chi connectivity index (χ2v) is 6.85. The third-order valence-electron chi connectivity index (χ3n) is 4.13. The molecule has 26 heavy (non-hydrogen) atoms. The van der Waals surface area contributed by atoms with E-state index in [0.717, 1.165) is 33.0 Å². The second-order valence-electron chi connectivity index (χ2n) is 5.87. The van der Waals surface area contributed by atoms with Gasteiger partial charge in [-0.2, -0.15) is 4.07 Å². The van der Waals surface area contributed by atoms with Crippen LogP contribution in [0.25, 0.3) is 21.7 Å². The molecule has 5 nitrogen and oxygen atoms in total. The molecule has 0 aliphatic rings. The number of nitrogens with zero attached hydrogens (tertiary/aromatic N) is 2. The molecule has 6 heteroatoms. The predicted molar refractivity (Wildman–Crippen MR) is 104 cm³/mol. The molecule has 0 amide bonds. The Bertz CT molecular complexity index is 1070. The first-order valence-corrected chi connectivity index (χ1v) is 9.03. The molecule has 0 spiro atoms. The van der Waals surface area contributed by atoms with Gasteiger partial charge in [-0.1, -0.05) is 65.8 Å². The van der Waals surface area contributed by atoms with Crippen molar-refractivity contribution in [3.63, 3.8) is 0 Å². The summed E-state index contributed by atoms with van der Waals surface area (Å²) in [5.74, 6) is 0.740. The van der Waals surface area contributed by atoms with Crippen molar-refractivity contribution in [2.75, 3.05) is 5.43 Å². The Morgan fingerprint density at radius 1 is 1.04 bits per heavy atom. The summed E-state index contributed by atoms with van der Waals surface area (Å²) in [4.78, 5) is 13.2. The van der Waals surface area contributed by atoms with E-state index >= 15 is 0 Å². The van der Waals surface area contributed by atoms with E-state index in [2.05, 4.69) is 10.6 Å². The molecule has 0 aliphatic heterocycles. The third-order valence-corrected chi connectivity index (χ3v) is 5.18. The van der Waals surface area contributed by atoms with Crippen molar-refractivity contribution in [3.05, 3.63) is 88.4 Å². The molecule has 0 unspecified atom stereocenters. The summed E-state index contributed by atoms with van der Waals surface area (Å²) in [5.41, 5.74) is 6.86. The highest BCUT2D eigenvalue weighted by atomic mass is 32.1. The summed E-state index contributed by atoms with van der Waals surface area (Å²) >= 11 is 1.38. The lowest BCUT2D eigenvalue weighted by molar-refractivity contribution is 0.398. The van der Waals surface area contributed by atoms with Gasteiger partial charge in [-0.25, -0.2) is 0 Å². The molecule has 4 aromatic rings. The first-order chi connectivity index (χ1) is 12.7. The van der Waals surface area contributed by atoms with E-state index < -0.39 is 0 Å². The van der Waals surface area contributed by atoms with E-state index in [0.29, 0.717) is 6.54 Å². The summed E-state index contributed by atoms with van der Waals surface area (Å²) < 4.78 is 6.91. The van der Waals surface area contributed by atoms with E-state index in [1.54, 1.807) is 10.1 Å². The predicted octanol–water partition coefficient (Wildman–Crippen LogP) is 4.28. The number of hydrogen-bond acceptors (Lipinski definition) is 5. The van der Waals surface area contributed by atoms with Crippen LogP contribution in [0.2, 0.25) is 0 Å². The fourth-order valence-electron chi connectivity index (χ4n) is 2.76. The van der Waals surface area contributed by atoms with Crippen LogP contribution in [0.3, 0.4) is 0 Å². The summed E-state index contributed by atoms with van der Waals surface area (Å²) in [6.07, 6.45) is 0. The Morgan fingerprint density at radius 3 is 2.38 bits per heavy atom. The molecule has 1 N–H and O–H groups in total. The van der Waals surface area contributed by atoms with E-state index in [9.17, 15) is 4.79 Å². The van der Waals surface area contributed by atoms with Crippen molar-refractivity contribution >= 4 is 11.5 Å². The van der Waals surface area contributed by atoms with Gasteiger partial charge >= 0.3 is 0 Å². The SMILES string of the molecule is Cc1onc(-c2ccccc2)c1CNn1sc(-c2ccccc2)cc1=O. The van der Waals surface area contributed by atoms with Crippen LogP contribution in [-0.2, 0) is 6.54 Å². The van der Waals surface area contributed by atoms with E-state index in [-0.39, 0.29) is 5.56 Å². The lowest BCUT2D eigenvalue weighted by Crippen LogP contribution is -2.23. The molecular formula is C20H17N3O2S. The minimum absolute atomic E-state index is 0.0794. The Balaban J connectivity index is 1.58. The average Bonchev–Trinajstić information content (AvgIpc) is 3.24. The third kappa shape index (κ3) is 3.19. The van der Waals surface area contributed by atoms with Crippen molar-refractivity contribution in [3.8, 4) is 21.7 Å². The van der Waals surface area contributed by atoms with Crippen molar-refractivity contribution in [2.45, 2.75) is 13.5 Å². The molecular weight excluding hydrogens is 346 g/mol. The van der Waals surface area contributed by atoms with Crippen molar-refractivity contribution in [2.24, 2.45) is 0 Å². The number of rotatable bonds is 5. The van der Waals surface area contributed by atoms with Crippen LogP contribution in [-0.4, -0.2) is 9.22 Å². The fraction of sp³-hybridized carbons (Fsp3) is 0.100. The van der Waals surface area contributed by atoms with E-state index in [1.165, 1.54) is 11.5 Å². The summed E-state index contributed by atoms with van der Waals surface area (Å²) in [6, 6.07) is 21.4. The minimum Gasteiger partial charge on any atom is -0.361 e. The zero-order valence-electron chi connectivity index (χ0n) is 14.2. The Labute approximate surface area is 154 Å². The maximum Gasteiger partial charge on any atom is 0.280 e.